The van der Waals surface area contributed by atoms with Crippen molar-refractivity contribution in [1.29, 1.82) is 0 Å². The van der Waals surface area contributed by atoms with E-state index < -0.39 is 10.0 Å². The Kier molecular flexibility index (Phi) is 8.25. The van der Waals surface area contributed by atoms with Gasteiger partial charge in [0.15, 0.2) is 0 Å². The van der Waals surface area contributed by atoms with Gasteiger partial charge in [0.25, 0.3) is 10.0 Å². The maximum atomic E-state index is 12.5. The molecule has 2 amide bonds. The summed E-state index contributed by atoms with van der Waals surface area (Å²) >= 11 is 1.13. The molecule has 1 N–H and O–H groups in total. The van der Waals surface area contributed by atoms with Gasteiger partial charge in [0.2, 0.25) is 11.8 Å². The van der Waals surface area contributed by atoms with E-state index >= 15 is 0 Å². The van der Waals surface area contributed by atoms with Crippen LogP contribution in [-0.4, -0.2) is 62.7 Å². The van der Waals surface area contributed by atoms with Crippen LogP contribution in [0.1, 0.15) is 39.0 Å². The summed E-state index contributed by atoms with van der Waals surface area (Å²) in [5.41, 5.74) is 0. The molecule has 27 heavy (non-hydrogen) atoms. The summed E-state index contributed by atoms with van der Waals surface area (Å²) in [5.74, 6) is -0.224. The van der Waals surface area contributed by atoms with E-state index in [-0.39, 0.29) is 28.5 Å². The van der Waals surface area contributed by atoms with Crippen molar-refractivity contribution in [3.63, 3.8) is 0 Å². The molecule has 1 aromatic heterocycles. The van der Waals surface area contributed by atoms with Crippen molar-refractivity contribution >= 4 is 33.2 Å². The molecule has 152 valence electrons. The minimum atomic E-state index is -3.63. The van der Waals surface area contributed by atoms with Crippen molar-refractivity contribution in [2.24, 2.45) is 5.92 Å². The van der Waals surface area contributed by atoms with Gasteiger partial charge in [0, 0.05) is 32.6 Å². The molecule has 0 spiro atoms. The predicted molar refractivity (Wildman–Crippen MR) is 106 cm³/mol. The zero-order valence-electron chi connectivity index (χ0n) is 16.0. The second-order valence-electron chi connectivity index (χ2n) is 6.85. The summed E-state index contributed by atoms with van der Waals surface area (Å²) in [6, 6.07) is 3.21. The minimum Gasteiger partial charge on any atom is -0.356 e. The van der Waals surface area contributed by atoms with E-state index in [2.05, 4.69) is 12.2 Å². The van der Waals surface area contributed by atoms with Crippen molar-refractivity contribution in [2.75, 3.05) is 33.2 Å². The third-order valence-electron chi connectivity index (χ3n) is 4.82. The molecule has 9 heteroatoms. The van der Waals surface area contributed by atoms with E-state index in [1.54, 1.807) is 16.3 Å². The highest BCUT2D eigenvalue weighted by Crippen LogP contribution is 2.21. The van der Waals surface area contributed by atoms with Gasteiger partial charge in [-0.05, 0) is 30.7 Å². The van der Waals surface area contributed by atoms with Crippen molar-refractivity contribution in [3.8, 4) is 0 Å². The van der Waals surface area contributed by atoms with E-state index in [9.17, 15) is 18.0 Å². The van der Waals surface area contributed by atoms with Crippen LogP contribution in [0.25, 0.3) is 0 Å². The van der Waals surface area contributed by atoms with Crippen LogP contribution in [0.4, 0.5) is 0 Å². The second kappa shape index (κ2) is 10.2. The largest absolute Gasteiger partial charge is 0.356 e. The highest BCUT2D eigenvalue weighted by Gasteiger charge is 2.30. The lowest BCUT2D eigenvalue weighted by molar-refractivity contribution is -0.135. The summed E-state index contributed by atoms with van der Waals surface area (Å²) in [6.45, 7) is 3.61. The van der Waals surface area contributed by atoms with E-state index in [1.165, 1.54) is 13.1 Å². The lowest BCUT2D eigenvalue weighted by Crippen LogP contribution is -2.46. The fourth-order valence-corrected chi connectivity index (χ4v) is 5.38. The van der Waals surface area contributed by atoms with Crippen LogP contribution < -0.4 is 5.32 Å². The summed E-state index contributed by atoms with van der Waals surface area (Å²) in [5, 5.41) is 4.67. The number of amides is 2. The number of piperidine rings is 1. The van der Waals surface area contributed by atoms with Gasteiger partial charge in [-0.2, -0.15) is 4.31 Å². The molecule has 0 aromatic carbocycles. The number of nitrogens with one attached hydrogen (secondary N) is 1. The number of rotatable bonds is 9. The Hall–Kier alpha value is -1.45. The molecule has 2 rings (SSSR count). The van der Waals surface area contributed by atoms with Crippen LogP contribution in [0.2, 0.25) is 0 Å². The van der Waals surface area contributed by atoms with E-state index in [1.807, 2.05) is 0 Å². The Morgan fingerprint density at radius 1 is 1.30 bits per heavy atom. The number of hydrogen-bond donors (Lipinski definition) is 1. The maximum absolute atomic E-state index is 12.5. The third kappa shape index (κ3) is 6.02. The number of thiophene rings is 1. The SMILES string of the molecule is CCCCCNC(=O)C1CCN(C(=O)CN(C)S(=O)(=O)c2cccs2)CC1. The molecular formula is C18H29N3O4S2. The van der Waals surface area contributed by atoms with Crippen LogP contribution >= 0.6 is 11.3 Å². The van der Waals surface area contributed by atoms with Crippen LogP contribution in [0, 0.1) is 5.92 Å². The molecule has 0 radical (unpaired) electrons. The molecule has 7 nitrogen and oxygen atoms in total. The van der Waals surface area contributed by atoms with E-state index in [4.69, 9.17) is 0 Å². The highest BCUT2D eigenvalue weighted by molar-refractivity contribution is 7.91. The van der Waals surface area contributed by atoms with Gasteiger partial charge in [0.1, 0.15) is 4.21 Å². The number of unbranched alkanes of at least 4 members (excludes halogenated alkanes) is 2. The summed E-state index contributed by atoms with van der Waals surface area (Å²) in [7, 11) is -2.21. The highest BCUT2D eigenvalue weighted by atomic mass is 32.2. The Labute approximate surface area is 165 Å². The topological polar surface area (TPSA) is 86.8 Å². The minimum absolute atomic E-state index is 0.0654. The monoisotopic (exact) mass is 415 g/mol. The van der Waals surface area contributed by atoms with Gasteiger partial charge in [-0.15, -0.1) is 11.3 Å². The number of likely N-dealkylation sites (tertiary alicyclic amines) is 1. The normalized spacial score (nSPS) is 15.9. The lowest BCUT2D eigenvalue weighted by atomic mass is 9.96. The molecule has 0 bridgehead atoms. The number of hydrogen-bond acceptors (Lipinski definition) is 5. The standard InChI is InChI=1S/C18H29N3O4S2/c1-3-4-5-10-19-18(23)15-8-11-21(12-9-15)16(22)14-20(2)27(24,25)17-7-6-13-26-17/h6-7,13,15H,3-5,8-12,14H2,1-2H3,(H,19,23). The van der Waals surface area contributed by atoms with Gasteiger partial charge in [-0.25, -0.2) is 8.42 Å². The van der Waals surface area contributed by atoms with Crippen LogP contribution in [0.3, 0.4) is 0 Å². The number of nitrogens with zero attached hydrogens (tertiary/aromatic N) is 2. The van der Waals surface area contributed by atoms with Crippen molar-refractivity contribution in [2.45, 2.75) is 43.2 Å². The first-order valence-electron chi connectivity index (χ1n) is 9.41. The predicted octanol–water partition coefficient (Wildman–Crippen LogP) is 1.91. The average molecular weight is 416 g/mol. The number of carbonyl (C=O) groups is 2. The third-order valence-corrected chi connectivity index (χ3v) is 7.99. The fourth-order valence-electron chi connectivity index (χ4n) is 3.06. The Balaban J connectivity index is 1.78. The fraction of sp³-hybridized carbons (Fsp3) is 0.667. The molecular weight excluding hydrogens is 386 g/mol. The molecule has 1 saturated heterocycles. The summed E-state index contributed by atoms with van der Waals surface area (Å²) < 4.78 is 26.1. The maximum Gasteiger partial charge on any atom is 0.252 e. The van der Waals surface area contributed by atoms with Gasteiger partial charge < -0.3 is 10.2 Å². The average Bonchev–Trinajstić information content (AvgIpc) is 3.20. The Bertz CT molecular complexity index is 711. The van der Waals surface area contributed by atoms with Crippen LogP contribution in [0.15, 0.2) is 21.7 Å². The quantitative estimate of drug-likeness (QED) is 0.624. The molecule has 1 aliphatic rings. The zero-order valence-corrected chi connectivity index (χ0v) is 17.7. The summed E-state index contributed by atoms with van der Waals surface area (Å²) in [6.07, 6.45) is 4.45. The molecule has 0 unspecified atom stereocenters. The van der Waals surface area contributed by atoms with Crippen LogP contribution in [0.5, 0.6) is 0 Å². The lowest BCUT2D eigenvalue weighted by Gasteiger charge is -2.32. The second-order valence-corrected chi connectivity index (χ2v) is 10.1. The van der Waals surface area contributed by atoms with Crippen molar-refractivity contribution in [1.82, 2.24) is 14.5 Å². The Morgan fingerprint density at radius 3 is 2.59 bits per heavy atom. The Morgan fingerprint density at radius 2 is 2.00 bits per heavy atom. The van der Waals surface area contributed by atoms with Crippen LogP contribution in [-0.2, 0) is 19.6 Å². The molecule has 1 aliphatic heterocycles. The number of sulfonamides is 1. The number of carbonyl (C=O) groups excluding carboxylic acids is 2. The summed E-state index contributed by atoms with van der Waals surface area (Å²) in [4.78, 5) is 26.3. The molecule has 0 aliphatic carbocycles. The van der Waals surface area contributed by atoms with Crippen molar-refractivity contribution in [3.05, 3.63) is 17.5 Å². The first-order valence-corrected chi connectivity index (χ1v) is 11.7. The first kappa shape index (κ1) is 21.8. The first-order chi connectivity index (χ1) is 12.9. The zero-order chi connectivity index (χ0) is 19.9. The molecule has 0 saturated carbocycles. The van der Waals surface area contributed by atoms with Gasteiger partial charge >= 0.3 is 0 Å². The van der Waals surface area contributed by atoms with Crippen molar-refractivity contribution < 1.29 is 18.0 Å². The molecule has 0 atom stereocenters. The molecule has 1 fully saturated rings. The van der Waals surface area contributed by atoms with E-state index in [0.717, 1.165) is 34.9 Å². The molecule has 2 heterocycles. The van der Waals surface area contributed by atoms with Gasteiger partial charge in [0.05, 0.1) is 6.54 Å². The molecule has 1 aromatic rings. The van der Waals surface area contributed by atoms with Gasteiger partial charge in [-0.3, -0.25) is 9.59 Å². The smallest absolute Gasteiger partial charge is 0.252 e. The van der Waals surface area contributed by atoms with E-state index in [0.29, 0.717) is 32.5 Å². The van der Waals surface area contributed by atoms with Gasteiger partial charge in [-0.1, -0.05) is 25.8 Å². The number of likely N-dealkylation sites (N-methyl/N-ethyl adjacent to an activating group) is 1.